The van der Waals surface area contributed by atoms with Crippen LogP contribution in [0.5, 0.6) is 11.5 Å². The third-order valence-electron chi connectivity index (χ3n) is 6.13. The van der Waals surface area contributed by atoms with Crippen LogP contribution in [0.4, 0.5) is 0 Å². The zero-order valence-electron chi connectivity index (χ0n) is 16.7. The number of rotatable bonds is 3. The summed E-state index contributed by atoms with van der Waals surface area (Å²) in [5.74, 6) is 0.844. The third-order valence-corrected chi connectivity index (χ3v) is 6.13. The number of fused-ring (bicyclic) bond motifs is 5. The molecular formula is C22H23N3O5. The summed E-state index contributed by atoms with van der Waals surface area (Å²) in [6.45, 7) is 3.09. The van der Waals surface area contributed by atoms with Gasteiger partial charge in [-0.25, -0.2) is 0 Å². The summed E-state index contributed by atoms with van der Waals surface area (Å²) in [7, 11) is 0. The van der Waals surface area contributed by atoms with Crippen molar-refractivity contribution < 1.29 is 19.1 Å². The average Bonchev–Trinajstić information content (AvgIpc) is 3.01. The van der Waals surface area contributed by atoms with Crippen LogP contribution in [0.1, 0.15) is 34.3 Å². The van der Waals surface area contributed by atoms with E-state index >= 15 is 0 Å². The molecule has 0 saturated carbocycles. The number of carbonyl (C=O) groups excluding carboxylic acids is 2. The molecule has 2 amide bonds. The van der Waals surface area contributed by atoms with E-state index in [1.807, 2.05) is 18.2 Å². The molecule has 0 radical (unpaired) electrons. The van der Waals surface area contributed by atoms with Crippen LogP contribution in [0.3, 0.4) is 0 Å². The zero-order valence-corrected chi connectivity index (χ0v) is 16.7. The van der Waals surface area contributed by atoms with Crippen LogP contribution in [0.2, 0.25) is 0 Å². The van der Waals surface area contributed by atoms with E-state index < -0.39 is 0 Å². The van der Waals surface area contributed by atoms with Gasteiger partial charge in [0, 0.05) is 25.3 Å². The number of aryl methyl sites for hydroxylation is 1. The van der Waals surface area contributed by atoms with Crippen LogP contribution in [0.15, 0.2) is 35.3 Å². The number of amides is 2. The van der Waals surface area contributed by atoms with Gasteiger partial charge >= 0.3 is 0 Å². The first-order chi connectivity index (χ1) is 14.5. The number of aromatic nitrogens is 1. The Balaban J connectivity index is 1.44. The molecule has 3 fully saturated rings. The minimum atomic E-state index is -0.325. The molecule has 8 nitrogen and oxygen atoms in total. The summed E-state index contributed by atoms with van der Waals surface area (Å²) in [6.07, 6.45) is 3.35. The summed E-state index contributed by atoms with van der Waals surface area (Å²) in [6, 6.07) is 7.29. The van der Waals surface area contributed by atoms with Crippen LogP contribution < -0.4 is 20.3 Å². The van der Waals surface area contributed by atoms with Crippen molar-refractivity contribution in [3.05, 3.63) is 57.5 Å². The molecule has 0 aliphatic carbocycles. The molecule has 4 aliphatic rings. The van der Waals surface area contributed by atoms with E-state index in [1.54, 1.807) is 24.1 Å². The van der Waals surface area contributed by atoms with Gasteiger partial charge in [-0.2, -0.15) is 0 Å². The number of nitrogens with zero attached hydrogens (tertiary/aromatic N) is 2. The van der Waals surface area contributed by atoms with E-state index in [2.05, 4.69) is 5.32 Å². The van der Waals surface area contributed by atoms with Crippen molar-refractivity contribution in [3.63, 3.8) is 0 Å². The molecule has 5 heterocycles. The number of hydrogen-bond donors (Lipinski definition) is 1. The molecule has 2 aromatic rings. The van der Waals surface area contributed by atoms with Gasteiger partial charge < -0.3 is 24.3 Å². The van der Waals surface area contributed by atoms with Crippen molar-refractivity contribution in [1.82, 2.24) is 14.8 Å². The number of ether oxygens (including phenoxy) is 2. The fourth-order valence-corrected chi connectivity index (χ4v) is 4.45. The van der Waals surface area contributed by atoms with Crippen LogP contribution in [-0.2, 0) is 11.3 Å². The number of hydrogen-bond acceptors (Lipinski definition) is 5. The normalized spacial score (nSPS) is 22.0. The van der Waals surface area contributed by atoms with E-state index in [0.29, 0.717) is 36.7 Å². The van der Waals surface area contributed by atoms with Crippen molar-refractivity contribution in [2.45, 2.75) is 32.4 Å². The van der Waals surface area contributed by atoms with E-state index in [0.717, 1.165) is 18.4 Å². The summed E-state index contributed by atoms with van der Waals surface area (Å²) in [5.41, 5.74) is 1.37. The Hall–Kier alpha value is -3.29. The lowest BCUT2D eigenvalue weighted by atomic mass is 9.96. The maximum atomic E-state index is 13.3. The van der Waals surface area contributed by atoms with E-state index in [4.69, 9.17) is 9.47 Å². The van der Waals surface area contributed by atoms with Gasteiger partial charge in [-0.1, -0.05) is 6.07 Å². The molecule has 8 heteroatoms. The van der Waals surface area contributed by atoms with Crippen LogP contribution >= 0.6 is 0 Å². The molecule has 1 aromatic carbocycles. The molecule has 4 aliphatic heterocycles. The lowest BCUT2D eigenvalue weighted by Gasteiger charge is -2.23. The highest BCUT2D eigenvalue weighted by Crippen LogP contribution is 2.32. The summed E-state index contributed by atoms with van der Waals surface area (Å²) in [4.78, 5) is 40.3. The molecule has 2 bridgehead atoms. The highest BCUT2D eigenvalue weighted by atomic mass is 16.7. The Bertz CT molecular complexity index is 1090. The van der Waals surface area contributed by atoms with Gasteiger partial charge in [0.25, 0.3) is 11.5 Å². The summed E-state index contributed by atoms with van der Waals surface area (Å²) in [5, 5.41) is 2.97. The van der Waals surface area contributed by atoms with E-state index in [-0.39, 0.29) is 41.7 Å². The maximum absolute atomic E-state index is 13.3. The van der Waals surface area contributed by atoms with Gasteiger partial charge in [0.1, 0.15) is 5.56 Å². The van der Waals surface area contributed by atoms with Gasteiger partial charge in [-0.05, 0) is 49.1 Å². The SMILES string of the molecule is Cc1ccn(Cc2ccc3c(c2)OCO3)c(=O)c1C(=O)N1C[C@@H]2CC[C@H](C1)C(=O)N2. The number of pyridine rings is 1. The Kier molecular flexibility index (Phi) is 4.49. The smallest absolute Gasteiger partial charge is 0.263 e. The van der Waals surface area contributed by atoms with Gasteiger partial charge in [0.15, 0.2) is 11.5 Å². The lowest BCUT2D eigenvalue weighted by Crippen LogP contribution is -2.44. The first kappa shape index (κ1) is 18.7. The van der Waals surface area contributed by atoms with E-state index in [1.165, 1.54) is 4.57 Å². The molecule has 6 rings (SSSR count). The number of nitrogens with one attached hydrogen (secondary N) is 1. The van der Waals surface area contributed by atoms with Gasteiger partial charge in [-0.3, -0.25) is 14.4 Å². The Morgan fingerprint density at radius 3 is 2.80 bits per heavy atom. The minimum Gasteiger partial charge on any atom is -0.454 e. The van der Waals surface area contributed by atoms with Crippen molar-refractivity contribution in [1.29, 1.82) is 0 Å². The maximum Gasteiger partial charge on any atom is 0.263 e. The lowest BCUT2D eigenvalue weighted by molar-refractivity contribution is -0.126. The fourth-order valence-electron chi connectivity index (χ4n) is 4.45. The second kappa shape index (κ2) is 7.19. The van der Waals surface area contributed by atoms with Crippen LogP contribution in [0, 0.1) is 12.8 Å². The molecule has 0 unspecified atom stereocenters. The predicted molar refractivity (Wildman–Crippen MR) is 108 cm³/mol. The molecular weight excluding hydrogens is 386 g/mol. The Morgan fingerprint density at radius 2 is 1.97 bits per heavy atom. The largest absolute Gasteiger partial charge is 0.454 e. The first-order valence-corrected chi connectivity index (χ1v) is 10.2. The second-order valence-electron chi connectivity index (χ2n) is 8.18. The highest BCUT2D eigenvalue weighted by molar-refractivity contribution is 5.96. The van der Waals surface area contributed by atoms with Crippen molar-refractivity contribution >= 4 is 11.8 Å². The minimum absolute atomic E-state index is 0.00607. The Morgan fingerprint density at radius 1 is 1.13 bits per heavy atom. The Labute approximate surface area is 173 Å². The highest BCUT2D eigenvalue weighted by Gasteiger charge is 2.37. The first-order valence-electron chi connectivity index (χ1n) is 10.2. The quantitative estimate of drug-likeness (QED) is 0.825. The van der Waals surface area contributed by atoms with Crippen LogP contribution in [-0.4, -0.2) is 47.2 Å². The molecule has 156 valence electrons. The van der Waals surface area contributed by atoms with Gasteiger partial charge in [0.2, 0.25) is 12.7 Å². The van der Waals surface area contributed by atoms with Crippen molar-refractivity contribution in [2.24, 2.45) is 5.92 Å². The monoisotopic (exact) mass is 409 g/mol. The molecule has 0 spiro atoms. The topological polar surface area (TPSA) is 89.9 Å². The third kappa shape index (κ3) is 3.22. The molecule has 1 N–H and O–H groups in total. The van der Waals surface area contributed by atoms with Crippen molar-refractivity contribution in [2.75, 3.05) is 19.9 Å². The fraction of sp³-hybridized carbons (Fsp3) is 0.409. The predicted octanol–water partition coefficient (Wildman–Crippen LogP) is 1.28. The molecule has 3 saturated heterocycles. The van der Waals surface area contributed by atoms with Crippen LogP contribution in [0.25, 0.3) is 0 Å². The second-order valence-corrected chi connectivity index (χ2v) is 8.18. The van der Waals surface area contributed by atoms with E-state index in [9.17, 15) is 14.4 Å². The average molecular weight is 409 g/mol. The van der Waals surface area contributed by atoms with Gasteiger partial charge in [-0.15, -0.1) is 0 Å². The number of benzene rings is 1. The van der Waals surface area contributed by atoms with Crippen molar-refractivity contribution in [3.8, 4) is 11.5 Å². The summed E-state index contributed by atoms with van der Waals surface area (Å²) < 4.78 is 12.3. The number of piperidine rings is 1. The zero-order chi connectivity index (χ0) is 20.8. The molecule has 30 heavy (non-hydrogen) atoms. The summed E-state index contributed by atoms with van der Waals surface area (Å²) >= 11 is 0. The molecule has 2 atom stereocenters. The van der Waals surface area contributed by atoms with Gasteiger partial charge in [0.05, 0.1) is 12.5 Å². The standard InChI is InChI=1S/C22H23N3O5/c1-13-6-7-24(9-14-2-5-17-18(8-14)30-12-29-17)21(27)19(13)22(28)25-10-15-3-4-16(11-25)23-20(15)26/h2,5-8,15-16H,3-4,9-12H2,1H3,(H,23,26)/t15-,16+/m1/s1. The molecule has 1 aromatic heterocycles. The number of carbonyl (C=O) groups is 2.